The number of hydrogen-bond acceptors (Lipinski definition) is 4. The van der Waals surface area contributed by atoms with E-state index < -0.39 is 6.29 Å². The molecule has 5 heteroatoms. The molecule has 1 unspecified atom stereocenters. The molecule has 0 saturated carbocycles. The van der Waals surface area contributed by atoms with Crippen LogP contribution in [0.2, 0.25) is 0 Å². The molecule has 1 heterocycles. The lowest BCUT2D eigenvalue weighted by atomic mass is 10.0. The Morgan fingerprint density at radius 1 is 1.35 bits per heavy atom. The predicted octanol–water partition coefficient (Wildman–Crippen LogP) is 1.78. The summed E-state index contributed by atoms with van der Waals surface area (Å²) in [7, 11) is 3.11. The van der Waals surface area contributed by atoms with Gasteiger partial charge >= 0.3 is 0 Å². The van der Waals surface area contributed by atoms with Crippen molar-refractivity contribution in [2.75, 3.05) is 26.1 Å². The summed E-state index contributed by atoms with van der Waals surface area (Å²) in [5.41, 5.74) is 3.00. The number of rotatable bonds is 5. The van der Waals surface area contributed by atoms with Crippen LogP contribution in [0.1, 0.15) is 29.3 Å². The van der Waals surface area contributed by atoms with E-state index in [2.05, 4.69) is 10.6 Å². The molecule has 1 aliphatic heterocycles. The Bertz CT molecular complexity index is 472. The normalized spacial score (nSPS) is 15.4. The van der Waals surface area contributed by atoms with Crippen LogP contribution in [0.25, 0.3) is 0 Å². The van der Waals surface area contributed by atoms with Crippen LogP contribution >= 0.6 is 0 Å². The van der Waals surface area contributed by atoms with Crippen molar-refractivity contribution in [3.05, 3.63) is 29.3 Å². The minimum Gasteiger partial charge on any atom is -0.385 e. The van der Waals surface area contributed by atoms with Gasteiger partial charge in [0.15, 0.2) is 6.29 Å². The van der Waals surface area contributed by atoms with E-state index in [1.54, 1.807) is 14.2 Å². The summed E-state index contributed by atoms with van der Waals surface area (Å²) in [6.45, 7) is 2.86. The molecule has 0 aliphatic carbocycles. The zero-order chi connectivity index (χ0) is 14.5. The number of carbonyl (C=O) groups excluding carboxylic acids is 1. The van der Waals surface area contributed by atoms with Crippen molar-refractivity contribution in [3.63, 3.8) is 0 Å². The topological polar surface area (TPSA) is 59.6 Å². The number of aryl methyl sites for hydroxylation is 1. The second kappa shape index (κ2) is 6.72. The molecule has 2 N–H and O–H groups in total. The zero-order valence-corrected chi connectivity index (χ0v) is 12.2. The molecule has 110 valence electrons. The Morgan fingerprint density at radius 3 is 2.80 bits per heavy atom. The van der Waals surface area contributed by atoms with Gasteiger partial charge in [-0.2, -0.15) is 0 Å². The van der Waals surface area contributed by atoms with Gasteiger partial charge in [0.25, 0.3) is 5.91 Å². The third-order valence-electron chi connectivity index (χ3n) is 3.54. The highest BCUT2D eigenvalue weighted by Crippen LogP contribution is 2.22. The lowest BCUT2D eigenvalue weighted by molar-refractivity contribution is -0.117. The van der Waals surface area contributed by atoms with Crippen LogP contribution in [0.4, 0.5) is 5.69 Å². The van der Waals surface area contributed by atoms with E-state index >= 15 is 0 Å². The van der Waals surface area contributed by atoms with Crippen molar-refractivity contribution in [2.45, 2.75) is 32.1 Å². The third-order valence-corrected chi connectivity index (χ3v) is 3.54. The molecule has 5 nitrogen and oxygen atoms in total. The van der Waals surface area contributed by atoms with Crippen LogP contribution in [0.5, 0.6) is 0 Å². The first kappa shape index (κ1) is 14.8. The molecular weight excluding hydrogens is 256 g/mol. The molecule has 0 aromatic heterocycles. The van der Waals surface area contributed by atoms with Gasteiger partial charge in [-0.1, -0.05) is 0 Å². The number of ether oxygens (including phenoxy) is 2. The number of nitrogens with one attached hydrogen (secondary N) is 2. The number of anilines is 1. The first-order chi connectivity index (χ1) is 9.65. The fourth-order valence-electron chi connectivity index (χ4n) is 2.48. The summed E-state index contributed by atoms with van der Waals surface area (Å²) in [5.74, 6) is -0.107. The molecule has 1 aromatic rings. The number of hydrogen-bond donors (Lipinski definition) is 2. The summed E-state index contributed by atoms with van der Waals surface area (Å²) < 4.78 is 10.3. The maximum Gasteiger partial charge on any atom is 0.251 e. The molecule has 2 rings (SSSR count). The first-order valence-corrected chi connectivity index (χ1v) is 6.89. The Kier molecular flexibility index (Phi) is 4.98. The number of carbonyl (C=O) groups is 1. The van der Waals surface area contributed by atoms with Crippen LogP contribution in [0.3, 0.4) is 0 Å². The van der Waals surface area contributed by atoms with Crippen LogP contribution in [-0.4, -0.2) is 39.0 Å². The highest BCUT2D eigenvalue weighted by Gasteiger charge is 2.19. The van der Waals surface area contributed by atoms with Crippen molar-refractivity contribution in [2.24, 2.45) is 0 Å². The third kappa shape index (κ3) is 3.29. The van der Waals surface area contributed by atoms with Crippen molar-refractivity contribution in [1.29, 1.82) is 0 Å². The number of amides is 1. The molecule has 1 amide bonds. The molecule has 1 aromatic carbocycles. The molecule has 1 atom stereocenters. The lowest BCUT2D eigenvalue weighted by Crippen LogP contribution is -2.43. The fraction of sp³-hybridized carbons (Fsp3) is 0.533. The predicted molar refractivity (Wildman–Crippen MR) is 78.0 cm³/mol. The Balaban J connectivity index is 2.05. The van der Waals surface area contributed by atoms with Crippen LogP contribution < -0.4 is 10.6 Å². The second-order valence-electron chi connectivity index (χ2n) is 5.00. The van der Waals surface area contributed by atoms with E-state index in [1.807, 2.05) is 25.1 Å². The average molecular weight is 278 g/mol. The Hall–Kier alpha value is -1.59. The van der Waals surface area contributed by atoms with Gasteiger partial charge in [-0.25, -0.2) is 0 Å². The van der Waals surface area contributed by atoms with E-state index in [9.17, 15) is 4.79 Å². The van der Waals surface area contributed by atoms with Crippen molar-refractivity contribution >= 4 is 11.6 Å². The molecule has 0 spiro atoms. The van der Waals surface area contributed by atoms with Crippen LogP contribution in [0.15, 0.2) is 18.2 Å². The SMILES string of the molecule is COC(OC)C(C)NC(=O)c1ccc2c(c1)CCCN2. The van der Waals surface area contributed by atoms with Gasteiger partial charge in [0, 0.05) is 32.0 Å². The Morgan fingerprint density at radius 2 is 2.10 bits per heavy atom. The number of methoxy groups -OCH3 is 2. The van der Waals surface area contributed by atoms with Crippen molar-refractivity contribution < 1.29 is 14.3 Å². The van der Waals surface area contributed by atoms with Gasteiger partial charge < -0.3 is 20.1 Å². The van der Waals surface area contributed by atoms with E-state index in [0.29, 0.717) is 5.56 Å². The maximum atomic E-state index is 12.2. The smallest absolute Gasteiger partial charge is 0.251 e. The highest BCUT2D eigenvalue weighted by atomic mass is 16.7. The second-order valence-corrected chi connectivity index (χ2v) is 5.00. The van der Waals surface area contributed by atoms with Crippen LogP contribution in [-0.2, 0) is 15.9 Å². The molecule has 0 bridgehead atoms. The van der Waals surface area contributed by atoms with Gasteiger partial charge in [0.2, 0.25) is 0 Å². The Labute approximate surface area is 119 Å². The number of fused-ring (bicyclic) bond motifs is 1. The zero-order valence-electron chi connectivity index (χ0n) is 12.2. The van der Waals surface area contributed by atoms with E-state index in [4.69, 9.17) is 9.47 Å². The van der Waals surface area contributed by atoms with Gasteiger partial charge in [-0.3, -0.25) is 4.79 Å². The molecule has 1 aliphatic rings. The molecule has 0 saturated heterocycles. The van der Waals surface area contributed by atoms with Gasteiger partial charge in [-0.05, 0) is 43.5 Å². The lowest BCUT2D eigenvalue weighted by Gasteiger charge is -2.23. The minimum absolute atomic E-state index is 0.107. The monoisotopic (exact) mass is 278 g/mol. The minimum atomic E-state index is -0.446. The van der Waals surface area contributed by atoms with Crippen molar-refractivity contribution in [1.82, 2.24) is 5.32 Å². The molecule has 0 radical (unpaired) electrons. The van der Waals surface area contributed by atoms with Crippen molar-refractivity contribution in [3.8, 4) is 0 Å². The summed E-state index contributed by atoms with van der Waals surface area (Å²) in [5, 5.41) is 6.23. The molecule has 0 fully saturated rings. The molecular formula is C15H22N2O3. The van der Waals surface area contributed by atoms with Gasteiger partial charge in [0.1, 0.15) is 0 Å². The highest BCUT2D eigenvalue weighted by molar-refractivity contribution is 5.95. The summed E-state index contributed by atoms with van der Waals surface area (Å²) in [4.78, 5) is 12.2. The summed E-state index contributed by atoms with van der Waals surface area (Å²) in [6, 6.07) is 5.55. The largest absolute Gasteiger partial charge is 0.385 e. The van der Waals surface area contributed by atoms with E-state index in [-0.39, 0.29) is 11.9 Å². The fourth-order valence-corrected chi connectivity index (χ4v) is 2.48. The van der Waals surface area contributed by atoms with Gasteiger partial charge in [-0.15, -0.1) is 0 Å². The average Bonchev–Trinajstić information content (AvgIpc) is 2.48. The van der Waals surface area contributed by atoms with E-state index in [1.165, 1.54) is 5.56 Å². The summed E-state index contributed by atoms with van der Waals surface area (Å²) >= 11 is 0. The number of benzene rings is 1. The van der Waals surface area contributed by atoms with Gasteiger partial charge in [0.05, 0.1) is 6.04 Å². The summed E-state index contributed by atoms with van der Waals surface area (Å²) in [6.07, 6.45) is 1.67. The van der Waals surface area contributed by atoms with Crippen LogP contribution in [0, 0.1) is 0 Å². The molecule has 20 heavy (non-hydrogen) atoms. The quantitative estimate of drug-likeness (QED) is 0.806. The van der Waals surface area contributed by atoms with E-state index in [0.717, 1.165) is 25.1 Å². The standard InChI is InChI=1S/C15H22N2O3/c1-10(15(19-2)20-3)17-14(18)12-6-7-13-11(9-12)5-4-8-16-13/h6-7,9-10,15-16H,4-5,8H2,1-3H3,(H,17,18). The maximum absolute atomic E-state index is 12.2. The first-order valence-electron chi connectivity index (χ1n) is 6.89.